The fourth-order valence-electron chi connectivity index (χ4n) is 5.36. The van der Waals surface area contributed by atoms with E-state index in [0.29, 0.717) is 37.0 Å². The summed E-state index contributed by atoms with van der Waals surface area (Å²) in [6, 6.07) is 13.5. The number of hydrogen-bond donors (Lipinski definition) is 2. The Hall–Kier alpha value is -2.95. The molecule has 3 heterocycles. The third-order valence-corrected chi connectivity index (χ3v) is 7.04. The van der Waals surface area contributed by atoms with Crippen LogP contribution in [0.3, 0.4) is 0 Å². The molecule has 2 atom stereocenters. The largest absolute Gasteiger partial charge is 0.493 e. The molecule has 2 unspecified atom stereocenters. The zero-order valence-electron chi connectivity index (χ0n) is 21.6. The Bertz CT molecular complexity index is 1310. The normalized spacial score (nSPS) is 18.4. The van der Waals surface area contributed by atoms with E-state index in [0.717, 1.165) is 48.2 Å². The van der Waals surface area contributed by atoms with Gasteiger partial charge >= 0.3 is 12.2 Å². The summed E-state index contributed by atoms with van der Waals surface area (Å²) < 4.78 is 46.8. The van der Waals surface area contributed by atoms with Crippen molar-refractivity contribution in [1.29, 1.82) is 0 Å². The number of ether oxygens (including phenoxy) is 1. The number of rotatable bonds is 7. The summed E-state index contributed by atoms with van der Waals surface area (Å²) in [4.78, 5) is 20.6. The number of nitrogens with one attached hydrogen (secondary N) is 2. The maximum Gasteiger partial charge on any atom is 0.416 e. The van der Waals surface area contributed by atoms with Gasteiger partial charge in [-0.1, -0.05) is 18.2 Å². The van der Waals surface area contributed by atoms with E-state index in [1.54, 1.807) is 13.1 Å². The van der Waals surface area contributed by atoms with Crippen LogP contribution in [0.5, 0.6) is 5.75 Å². The molecule has 0 spiro atoms. The van der Waals surface area contributed by atoms with Gasteiger partial charge in [-0.2, -0.15) is 13.2 Å². The van der Waals surface area contributed by atoms with Crippen LogP contribution in [0.25, 0.3) is 10.9 Å². The van der Waals surface area contributed by atoms with Crippen molar-refractivity contribution in [2.45, 2.75) is 38.0 Å². The average Bonchev–Trinajstić information content (AvgIpc) is 3.46. The van der Waals surface area contributed by atoms with Crippen molar-refractivity contribution >= 4 is 53.1 Å². The molecule has 2 aliphatic heterocycles. The highest BCUT2D eigenvalue weighted by atomic mass is 35.5. The first-order valence-corrected chi connectivity index (χ1v) is 12.4. The Morgan fingerprint density at radius 2 is 1.87 bits per heavy atom. The molecule has 2 fully saturated rings. The second-order valence-electron chi connectivity index (χ2n) is 9.64. The number of pyridine rings is 1. The summed E-state index contributed by atoms with van der Waals surface area (Å²) in [6.45, 7) is 4.44. The number of hydrogen-bond acceptors (Lipinski definition) is 5. The molecule has 2 saturated heterocycles. The average molecular weight is 586 g/mol. The number of aryl methyl sites for hydroxylation is 1. The second kappa shape index (κ2) is 12.5. The predicted molar refractivity (Wildman–Crippen MR) is 151 cm³/mol. The standard InChI is InChI=1S/C27H30F3N5O2.2ClH/c1-17-10-25(23-6-3-4-7-24(23)32-17)33-19-11-18(27(28,29)30)12-22(13-19)37-9-5-8-34-15-21-14-20(34)16-35(21)26(36)31-2;;/h3-4,6-7,10-13,20-21H,5,8-9,14-16H2,1-2H3,(H,31,36)(H,32,33);2*1H. The van der Waals surface area contributed by atoms with Gasteiger partial charge < -0.3 is 20.3 Å². The molecule has 0 radical (unpaired) electrons. The number of para-hydroxylation sites is 1. The molecule has 39 heavy (non-hydrogen) atoms. The third kappa shape index (κ3) is 6.80. The number of likely N-dealkylation sites (tertiary alicyclic amines) is 2. The number of carbonyl (C=O) groups excluding carboxylic acids is 1. The van der Waals surface area contributed by atoms with Crippen LogP contribution in [0.4, 0.5) is 29.3 Å². The van der Waals surface area contributed by atoms with Crippen molar-refractivity contribution in [2.24, 2.45) is 0 Å². The monoisotopic (exact) mass is 585 g/mol. The highest BCUT2D eigenvalue weighted by molar-refractivity contribution is 5.93. The van der Waals surface area contributed by atoms with Gasteiger partial charge in [0.05, 0.1) is 17.7 Å². The molecule has 3 aromatic rings. The van der Waals surface area contributed by atoms with Crippen molar-refractivity contribution in [3.63, 3.8) is 0 Å². The predicted octanol–water partition coefficient (Wildman–Crippen LogP) is 6.02. The Morgan fingerprint density at radius 3 is 2.56 bits per heavy atom. The van der Waals surface area contributed by atoms with Gasteiger partial charge in [0.25, 0.3) is 0 Å². The molecule has 12 heteroatoms. The van der Waals surface area contributed by atoms with Crippen molar-refractivity contribution in [3.05, 3.63) is 59.8 Å². The Balaban J connectivity index is 0.00000210. The van der Waals surface area contributed by atoms with Gasteiger partial charge in [-0.3, -0.25) is 9.88 Å². The smallest absolute Gasteiger partial charge is 0.416 e. The fourth-order valence-corrected chi connectivity index (χ4v) is 5.36. The summed E-state index contributed by atoms with van der Waals surface area (Å²) in [5, 5.41) is 6.65. The molecule has 5 rings (SSSR count). The first-order chi connectivity index (χ1) is 17.7. The van der Waals surface area contributed by atoms with Crippen LogP contribution in [-0.2, 0) is 6.18 Å². The van der Waals surface area contributed by atoms with Gasteiger partial charge in [0.1, 0.15) is 5.75 Å². The molecule has 7 nitrogen and oxygen atoms in total. The third-order valence-electron chi connectivity index (χ3n) is 7.04. The zero-order chi connectivity index (χ0) is 26.2. The van der Waals surface area contributed by atoms with Crippen molar-refractivity contribution in [2.75, 3.05) is 38.6 Å². The summed E-state index contributed by atoms with van der Waals surface area (Å²) in [5.41, 5.74) is 1.74. The minimum Gasteiger partial charge on any atom is -0.493 e. The molecule has 2 aromatic carbocycles. The van der Waals surface area contributed by atoms with E-state index in [9.17, 15) is 18.0 Å². The molecule has 2 amide bonds. The topological polar surface area (TPSA) is 69.7 Å². The lowest BCUT2D eigenvalue weighted by Gasteiger charge is -2.33. The van der Waals surface area contributed by atoms with Crippen LogP contribution >= 0.6 is 24.8 Å². The molecule has 0 aliphatic carbocycles. The molecular formula is C27H32Cl2F3N5O2. The molecule has 2 N–H and O–H groups in total. The number of anilines is 2. The van der Waals surface area contributed by atoms with E-state index in [4.69, 9.17) is 4.74 Å². The number of nitrogens with zero attached hydrogens (tertiary/aromatic N) is 3. The fraction of sp³-hybridized carbons (Fsp3) is 0.407. The van der Waals surface area contributed by atoms with Gasteiger partial charge in [-0.15, -0.1) is 24.8 Å². The van der Waals surface area contributed by atoms with Crippen molar-refractivity contribution in [1.82, 2.24) is 20.1 Å². The summed E-state index contributed by atoms with van der Waals surface area (Å²) in [5.74, 6) is 0.168. The zero-order valence-corrected chi connectivity index (χ0v) is 23.3. The summed E-state index contributed by atoms with van der Waals surface area (Å²) in [7, 11) is 1.64. The lowest BCUT2D eigenvalue weighted by Crippen LogP contribution is -2.51. The lowest BCUT2D eigenvalue weighted by molar-refractivity contribution is -0.137. The number of halogens is 5. The van der Waals surface area contributed by atoms with Gasteiger partial charge in [-0.05, 0) is 44.0 Å². The molecule has 1 aromatic heterocycles. The van der Waals surface area contributed by atoms with Crippen LogP contribution < -0.4 is 15.4 Å². The van der Waals surface area contributed by atoms with E-state index in [-0.39, 0.29) is 42.6 Å². The second-order valence-corrected chi connectivity index (χ2v) is 9.64. The van der Waals surface area contributed by atoms with Crippen LogP contribution in [0.1, 0.15) is 24.1 Å². The molecule has 212 valence electrons. The SMILES string of the molecule is CNC(=O)N1CC2CC1CN2CCCOc1cc(Nc2cc(C)nc3ccccc23)cc(C(F)(F)F)c1.Cl.Cl. The first kappa shape index (κ1) is 30.6. The maximum absolute atomic E-state index is 13.7. The number of amides is 2. The van der Waals surface area contributed by atoms with Gasteiger partial charge in [-0.25, -0.2) is 4.79 Å². The minimum absolute atomic E-state index is 0. The molecule has 2 bridgehead atoms. The van der Waals surface area contributed by atoms with E-state index < -0.39 is 11.7 Å². The quantitative estimate of drug-likeness (QED) is 0.332. The van der Waals surface area contributed by atoms with E-state index in [1.807, 2.05) is 42.2 Å². The number of urea groups is 1. The Kier molecular flexibility index (Phi) is 9.79. The van der Waals surface area contributed by atoms with Gasteiger partial charge in [0, 0.05) is 67.3 Å². The van der Waals surface area contributed by atoms with E-state index >= 15 is 0 Å². The van der Waals surface area contributed by atoms with Gasteiger partial charge in [0.15, 0.2) is 0 Å². The van der Waals surface area contributed by atoms with Crippen LogP contribution in [0.15, 0.2) is 48.5 Å². The van der Waals surface area contributed by atoms with Gasteiger partial charge in [0.2, 0.25) is 0 Å². The number of benzene rings is 2. The Morgan fingerprint density at radius 1 is 1.10 bits per heavy atom. The van der Waals surface area contributed by atoms with E-state index in [2.05, 4.69) is 20.5 Å². The number of carbonyl (C=O) groups is 1. The molecule has 0 saturated carbocycles. The minimum atomic E-state index is -4.50. The first-order valence-electron chi connectivity index (χ1n) is 12.4. The lowest BCUT2D eigenvalue weighted by atomic mass is 10.1. The van der Waals surface area contributed by atoms with Crippen LogP contribution in [-0.4, -0.2) is 66.2 Å². The van der Waals surface area contributed by atoms with Crippen molar-refractivity contribution < 1.29 is 22.7 Å². The van der Waals surface area contributed by atoms with Crippen molar-refractivity contribution in [3.8, 4) is 5.75 Å². The maximum atomic E-state index is 13.7. The Labute approximate surface area is 237 Å². The van der Waals surface area contributed by atoms with Crippen LogP contribution in [0, 0.1) is 6.92 Å². The van der Waals surface area contributed by atoms with Crippen LogP contribution in [0.2, 0.25) is 0 Å². The summed E-state index contributed by atoms with van der Waals surface area (Å²) >= 11 is 0. The number of piperazine rings is 1. The summed E-state index contributed by atoms with van der Waals surface area (Å²) in [6.07, 6.45) is -2.87. The molecular weight excluding hydrogens is 554 g/mol. The number of fused-ring (bicyclic) bond motifs is 3. The van der Waals surface area contributed by atoms with E-state index in [1.165, 1.54) is 0 Å². The number of alkyl halides is 3. The number of aromatic nitrogens is 1. The molecule has 2 aliphatic rings. The highest BCUT2D eigenvalue weighted by Crippen LogP contribution is 2.36. The highest BCUT2D eigenvalue weighted by Gasteiger charge is 2.44.